The second kappa shape index (κ2) is 8.49. The number of esters is 1. The van der Waals surface area contributed by atoms with E-state index in [2.05, 4.69) is 31.3 Å². The van der Waals surface area contributed by atoms with Crippen molar-refractivity contribution in [3.63, 3.8) is 0 Å². The van der Waals surface area contributed by atoms with E-state index < -0.39 is 5.97 Å². The summed E-state index contributed by atoms with van der Waals surface area (Å²) in [5.41, 5.74) is 3.21. The van der Waals surface area contributed by atoms with Crippen molar-refractivity contribution in [2.75, 3.05) is 24.3 Å². The maximum Gasteiger partial charge on any atom is 0.337 e. The van der Waals surface area contributed by atoms with Crippen molar-refractivity contribution in [1.29, 1.82) is 0 Å². The van der Waals surface area contributed by atoms with E-state index in [9.17, 15) is 9.59 Å². The fraction of sp³-hybridized carbons (Fsp3) is 0.222. The lowest BCUT2D eigenvalue weighted by Crippen LogP contribution is -2.16. The van der Waals surface area contributed by atoms with Gasteiger partial charge in [-0.3, -0.25) is 4.79 Å². The molecule has 0 heterocycles. The summed E-state index contributed by atoms with van der Waals surface area (Å²) in [6.07, 6.45) is 0.338. The first-order valence-corrected chi connectivity index (χ1v) is 8.27. The molecule has 0 aliphatic heterocycles. The summed E-state index contributed by atoms with van der Waals surface area (Å²) in [7, 11) is 1.33. The Labute approximate surface area is 149 Å². The number of methoxy groups -OCH3 is 1. The molecule has 0 bridgehead atoms. The van der Waals surface area contributed by atoms with Crippen molar-refractivity contribution in [3.05, 3.63) is 58.1 Å². The van der Waals surface area contributed by atoms with E-state index in [1.54, 1.807) is 24.3 Å². The molecule has 2 rings (SSSR count). The number of aryl methyl sites for hydroxylation is 1. The van der Waals surface area contributed by atoms with E-state index in [1.807, 2.05) is 25.1 Å². The smallest absolute Gasteiger partial charge is 0.337 e. The fourth-order valence-electron chi connectivity index (χ4n) is 2.05. The molecule has 0 unspecified atom stereocenters. The van der Waals surface area contributed by atoms with Crippen molar-refractivity contribution >= 4 is 39.2 Å². The van der Waals surface area contributed by atoms with Crippen molar-refractivity contribution < 1.29 is 14.3 Å². The first-order valence-electron chi connectivity index (χ1n) is 7.48. The largest absolute Gasteiger partial charge is 0.465 e. The van der Waals surface area contributed by atoms with Gasteiger partial charge in [-0.2, -0.15) is 0 Å². The zero-order valence-corrected chi connectivity index (χ0v) is 15.1. The number of hydrogen-bond donors (Lipinski definition) is 2. The average Bonchev–Trinajstić information content (AvgIpc) is 2.58. The van der Waals surface area contributed by atoms with E-state index in [0.29, 0.717) is 24.2 Å². The highest BCUT2D eigenvalue weighted by Gasteiger charge is 2.06. The normalized spacial score (nSPS) is 10.1. The Balaban J connectivity index is 1.80. The number of benzene rings is 2. The van der Waals surface area contributed by atoms with Crippen molar-refractivity contribution in [1.82, 2.24) is 0 Å². The van der Waals surface area contributed by atoms with Gasteiger partial charge in [-0.05, 0) is 48.9 Å². The van der Waals surface area contributed by atoms with Gasteiger partial charge in [0.2, 0.25) is 5.91 Å². The van der Waals surface area contributed by atoms with Gasteiger partial charge in [0.25, 0.3) is 0 Å². The molecule has 0 aliphatic carbocycles. The molecule has 0 saturated carbocycles. The summed E-state index contributed by atoms with van der Waals surface area (Å²) in [6, 6.07) is 12.5. The Morgan fingerprint density at radius 2 is 1.75 bits per heavy atom. The number of ether oxygens (including phenoxy) is 1. The molecule has 0 atom stereocenters. The van der Waals surface area contributed by atoms with Crippen LogP contribution in [0.1, 0.15) is 22.3 Å². The SMILES string of the molecule is COC(=O)c1ccc(NC(=O)CCNc2ccc(C)c(Br)c2)cc1. The lowest BCUT2D eigenvalue weighted by Gasteiger charge is -2.09. The molecule has 0 fully saturated rings. The van der Waals surface area contributed by atoms with Gasteiger partial charge in [0.15, 0.2) is 0 Å². The molecule has 6 heteroatoms. The van der Waals surface area contributed by atoms with Crippen LogP contribution in [0.4, 0.5) is 11.4 Å². The Morgan fingerprint density at radius 3 is 2.38 bits per heavy atom. The minimum atomic E-state index is -0.402. The molecule has 2 aromatic rings. The lowest BCUT2D eigenvalue weighted by atomic mass is 10.2. The molecule has 2 aromatic carbocycles. The molecule has 24 heavy (non-hydrogen) atoms. The number of carbonyl (C=O) groups is 2. The van der Waals surface area contributed by atoms with E-state index in [4.69, 9.17) is 0 Å². The summed E-state index contributed by atoms with van der Waals surface area (Å²) in [4.78, 5) is 23.3. The first-order chi connectivity index (χ1) is 11.5. The minimum Gasteiger partial charge on any atom is -0.465 e. The second-order valence-electron chi connectivity index (χ2n) is 5.26. The van der Waals surface area contributed by atoms with Crippen molar-refractivity contribution in [2.24, 2.45) is 0 Å². The number of hydrogen-bond acceptors (Lipinski definition) is 4. The van der Waals surface area contributed by atoms with Crippen LogP contribution in [0.5, 0.6) is 0 Å². The van der Waals surface area contributed by atoms with Gasteiger partial charge in [-0.1, -0.05) is 22.0 Å². The van der Waals surface area contributed by atoms with E-state index in [0.717, 1.165) is 15.7 Å². The average molecular weight is 391 g/mol. The fourth-order valence-corrected chi connectivity index (χ4v) is 2.43. The summed E-state index contributed by atoms with van der Waals surface area (Å²) in [6.45, 7) is 2.55. The third kappa shape index (κ3) is 5.09. The van der Waals surface area contributed by atoms with Crippen molar-refractivity contribution in [3.8, 4) is 0 Å². The minimum absolute atomic E-state index is 0.0977. The number of anilines is 2. The van der Waals surface area contributed by atoms with Gasteiger partial charge in [0.1, 0.15) is 0 Å². The quantitative estimate of drug-likeness (QED) is 0.731. The first kappa shape index (κ1) is 18.0. The molecular formula is C18H19BrN2O3. The van der Waals surface area contributed by atoms with Gasteiger partial charge in [-0.25, -0.2) is 4.79 Å². The lowest BCUT2D eigenvalue weighted by molar-refractivity contribution is -0.115. The molecule has 5 nitrogen and oxygen atoms in total. The third-order valence-corrected chi connectivity index (χ3v) is 4.30. The van der Waals surface area contributed by atoms with Gasteiger partial charge in [-0.15, -0.1) is 0 Å². The Hall–Kier alpha value is -2.34. The summed E-state index contributed by atoms with van der Waals surface area (Å²) in [5.74, 6) is -0.499. The molecule has 0 saturated heterocycles. The molecule has 0 spiro atoms. The van der Waals surface area contributed by atoms with Gasteiger partial charge in [0.05, 0.1) is 12.7 Å². The van der Waals surface area contributed by atoms with Crippen LogP contribution in [0.2, 0.25) is 0 Å². The molecule has 0 radical (unpaired) electrons. The number of halogens is 1. The summed E-state index contributed by atoms with van der Waals surface area (Å²) >= 11 is 3.48. The highest BCUT2D eigenvalue weighted by molar-refractivity contribution is 9.10. The van der Waals surface area contributed by atoms with E-state index in [1.165, 1.54) is 7.11 Å². The monoisotopic (exact) mass is 390 g/mol. The van der Waals surface area contributed by atoms with Crippen molar-refractivity contribution in [2.45, 2.75) is 13.3 Å². The third-order valence-electron chi connectivity index (χ3n) is 3.44. The topological polar surface area (TPSA) is 67.4 Å². The Kier molecular flexibility index (Phi) is 6.37. The summed E-state index contributed by atoms with van der Waals surface area (Å²) in [5, 5.41) is 6.00. The number of carbonyl (C=O) groups excluding carboxylic acids is 2. The Bertz CT molecular complexity index is 730. The van der Waals surface area contributed by atoms with E-state index >= 15 is 0 Å². The molecule has 1 amide bonds. The van der Waals surface area contributed by atoms with Crippen LogP contribution in [-0.4, -0.2) is 25.5 Å². The zero-order valence-electron chi connectivity index (χ0n) is 13.6. The van der Waals surface area contributed by atoms with Crippen LogP contribution < -0.4 is 10.6 Å². The number of nitrogens with one attached hydrogen (secondary N) is 2. The maximum absolute atomic E-state index is 11.9. The number of rotatable bonds is 6. The maximum atomic E-state index is 11.9. The predicted molar refractivity (Wildman–Crippen MR) is 98.4 cm³/mol. The standard InChI is InChI=1S/C18H19BrN2O3/c1-12-3-6-15(11-16(12)19)20-10-9-17(22)21-14-7-4-13(5-8-14)18(23)24-2/h3-8,11,20H,9-10H2,1-2H3,(H,21,22). The highest BCUT2D eigenvalue weighted by atomic mass is 79.9. The Morgan fingerprint density at radius 1 is 1.08 bits per heavy atom. The van der Waals surface area contributed by atoms with Crippen LogP contribution >= 0.6 is 15.9 Å². The van der Waals surface area contributed by atoms with Crippen LogP contribution in [0.15, 0.2) is 46.9 Å². The zero-order chi connectivity index (χ0) is 17.5. The molecule has 126 valence electrons. The van der Waals surface area contributed by atoms with Gasteiger partial charge >= 0.3 is 5.97 Å². The van der Waals surface area contributed by atoms with Gasteiger partial charge in [0, 0.05) is 28.8 Å². The van der Waals surface area contributed by atoms with Crippen LogP contribution in [0, 0.1) is 6.92 Å². The van der Waals surface area contributed by atoms with Crippen LogP contribution in [-0.2, 0) is 9.53 Å². The van der Waals surface area contributed by atoms with Crippen LogP contribution in [0.25, 0.3) is 0 Å². The highest BCUT2D eigenvalue weighted by Crippen LogP contribution is 2.20. The van der Waals surface area contributed by atoms with Crippen LogP contribution in [0.3, 0.4) is 0 Å². The molecule has 2 N–H and O–H groups in total. The predicted octanol–water partition coefficient (Wildman–Crippen LogP) is 3.98. The van der Waals surface area contributed by atoms with Gasteiger partial charge < -0.3 is 15.4 Å². The molecule has 0 aliphatic rings. The molecular weight excluding hydrogens is 372 g/mol. The molecule has 0 aromatic heterocycles. The summed E-state index contributed by atoms with van der Waals surface area (Å²) < 4.78 is 5.66. The number of amides is 1. The second-order valence-corrected chi connectivity index (χ2v) is 6.11. The van der Waals surface area contributed by atoms with E-state index in [-0.39, 0.29) is 5.91 Å².